The molecule has 4 aromatic carbocycles. The number of ether oxygens (including phenoxy) is 5. The number of nitrogens with zero attached hydrogens (tertiary/aromatic N) is 1. The van der Waals surface area contributed by atoms with Crippen LogP contribution in [-0.4, -0.2) is 19.2 Å². The van der Waals surface area contributed by atoms with E-state index in [1.165, 1.54) is 0 Å². The van der Waals surface area contributed by atoms with Gasteiger partial charge in [0.2, 0.25) is 5.88 Å². The number of carbonyl (C=O) groups excluding carboxylic acids is 1. The molecule has 8 nitrogen and oxygen atoms in total. The Hall–Kier alpha value is -5.13. The number of fused-ring (bicyclic) bond motifs is 1. The van der Waals surface area contributed by atoms with E-state index < -0.39 is 11.9 Å². The minimum absolute atomic E-state index is 0.0324. The topological polar surface area (TPSA) is 113 Å². The van der Waals surface area contributed by atoms with Crippen molar-refractivity contribution in [2.24, 2.45) is 5.73 Å². The summed E-state index contributed by atoms with van der Waals surface area (Å²) in [6, 6.07) is 27.0. The quantitative estimate of drug-likeness (QED) is 0.0883. The Balaban J connectivity index is 1.36. The first-order valence-corrected chi connectivity index (χ1v) is 15.6. The standard InChI is InChI=1S/C37H35ClN2O6/c1-3-5-8-19-43-27-14-11-24(12-15-27)37(41)45-28-16-17-29-33(21-28)46-36(40)30(22-39)35(29)25-13-18-32(34(20-25)42-4-2)44-23-26-9-6-7-10-31(26)38/h6-7,9-18,20-21,35H,3-5,8,19,23,40H2,1-2H3. The molecule has 1 heterocycles. The number of allylic oxidation sites excluding steroid dienone is 1. The molecule has 46 heavy (non-hydrogen) atoms. The molecule has 0 amide bonds. The number of nitrogens with two attached hydrogens (primary N) is 1. The zero-order chi connectivity index (χ0) is 32.5. The van der Waals surface area contributed by atoms with Gasteiger partial charge in [0.1, 0.15) is 35.5 Å². The Morgan fingerprint density at radius 3 is 2.43 bits per heavy atom. The van der Waals surface area contributed by atoms with Crippen LogP contribution in [0.2, 0.25) is 5.02 Å². The van der Waals surface area contributed by atoms with Gasteiger partial charge in [-0.25, -0.2) is 4.79 Å². The summed E-state index contributed by atoms with van der Waals surface area (Å²) < 4.78 is 29.2. The number of unbranched alkanes of at least 4 members (excludes halogenated alkanes) is 2. The minimum Gasteiger partial charge on any atom is -0.494 e. The summed E-state index contributed by atoms with van der Waals surface area (Å²) in [5, 5.41) is 10.7. The number of esters is 1. The second kappa shape index (κ2) is 15.2. The van der Waals surface area contributed by atoms with Gasteiger partial charge in [-0.2, -0.15) is 5.26 Å². The molecule has 0 spiro atoms. The fourth-order valence-electron chi connectivity index (χ4n) is 5.10. The van der Waals surface area contributed by atoms with Crippen LogP contribution in [0.3, 0.4) is 0 Å². The van der Waals surface area contributed by atoms with Gasteiger partial charge in [0.15, 0.2) is 11.5 Å². The number of hydrogen-bond donors (Lipinski definition) is 1. The van der Waals surface area contributed by atoms with Crippen LogP contribution in [0.1, 0.15) is 66.1 Å². The average Bonchev–Trinajstić information content (AvgIpc) is 3.06. The number of rotatable bonds is 13. The molecule has 0 fully saturated rings. The Morgan fingerprint density at radius 1 is 0.913 bits per heavy atom. The SMILES string of the molecule is CCCCCOc1ccc(C(=O)Oc2ccc3c(c2)OC(N)=C(C#N)C3c2ccc(OCc3ccccc3Cl)c(OCC)c2)cc1. The molecular weight excluding hydrogens is 604 g/mol. The molecule has 1 aliphatic heterocycles. The highest BCUT2D eigenvalue weighted by molar-refractivity contribution is 6.31. The van der Waals surface area contributed by atoms with Gasteiger partial charge in [-0.05, 0) is 67.4 Å². The van der Waals surface area contributed by atoms with Crippen molar-refractivity contribution in [2.75, 3.05) is 13.2 Å². The van der Waals surface area contributed by atoms with Crippen molar-refractivity contribution < 1.29 is 28.5 Å². The molecular formula is C37H35ClN2O6. The lowest BCUT2D eigenvalue weighted by molar-refractivity contribution is 0.0734. The van der Waals surface area contributed by atoms with Gasteiger partial charge in [0.05, 0.1) is 24.7 Å². The summed E-state index contributed by atoms with van der Waals surface area (Å²) in [7, 11) is 0. The molecule has 0 radical (unpaired) electrons. The van der Waals surface area contributed by atoms with E-state index in [1.54, 1.807) is 48.5 Å². The molecule has 0 saturated heterocycles. The summed E-state index contributed by atoms with van der Waals surface area (Å²) >= 11 is 6.31. The lowest BCUT2D eigenvalue weighted by Gasteiger charge is -2.27. The van der Waals surface area contributed by atoms with Gasteiger partial charge >= 0.3 is 5.97 Å². The molecule has 5 rings (SSSR count). The van der Waals surface area contributed by atoms with Gasteiger partial charge in [-0.1, -0.05) is 61.7 Å². The third kappa shape index (κ3) is 7.56. The third-order valence-electron chi connectivity index (χ3n) is 7.45. The molecule has 0 aromatic heterocycles. The number of carbonyl (C=O) groups is 1. The van der Waals surface area contributed by atoms with Gasteiger partial charge in [0, 0.05) is 22.2 Å². The molecule has 1 unspecified atom stereocenters. The Kier molecular flexibility index (Phi) is 10.7. The number of benzene rings is 4. The molecule has 0 bridgehead atoms. The molecule has 236 valence electrons. The summed E-state index contributed by atoms with van der Waals surface area (Å²) in [4.78, 5) is 12.9. The van der Waals surface area contributed by atoms with Crippen LogP contribution < -0.4 is 29.4 Å². The van der Waals surface area contributed by atoms with E-state index >= 15 is 0 Å². The van der Waals surface area contributed by atoms with E-state index in [9.17, 15) is 10.1 Å². The average molecular weight is 639 g/mol. The lowest BCUT2D eigenvalue weighted by atomic mass is 9.83. The van der Waals surface area contributed by atoms with Crippen molar-refractivity contribution in [1.29, 1.82) is 5.26 Å². The zero-order valence-electron chi connectivity index (χ0n) is 25.8. The Morgan fingerprint density at radius 2 is 1.70 bits per heavy atom. The second-order valence-electron chi connectivity index (χ2n) is 10.6. The maximum absolute atomic E-state index is 12.9. The lowest BCUT2D eigenvalue weighted by Crippen LogP contribution is -2.21. The predicted octanol–water partition coefficient (Wildman–Crippen LogP) is 8.32. The maximum Gasteiger partial charge on any atom is 0.343 e. The van der Waals surface area contributed by atoms with E-state index in [4.69, 9.17) is 41.0 Å². The molecule has 2 N–H and O–H groups in total. The van der Waals surface area contributed by atoms with Crippen molar-refractivity contribution in [3.05, 3.63) is 124 Å². The Bertz CT molecular complexity index is 1760. The summed E-state index contributed by atoms with van der Waals surface area (Å²) in [6.07, 6.45) is 3.21. The van der Waals surface area contributed by atoms with E-state index in [-0.39, 0.29) is 23.8 Å². The molecule has 9 heteroatoms. The van der Waals surface area contributed by atoms with Gasteiger partial charge in [0.25, 0.3) is 0 Å². The molecule has 0 aliphatic carbocycles. The highest BCUT2D eigenvalue weighted by atomic mass is 35.5. The van der Waals surface area contributed by atoms with Crippen LogP contribution in [0.15, 0.2) is 96.4 Å². The first-order valence-electron chi connectivity index (χ1n) is 15.2. The van der Waals surface area contributed by atoms with Gasteiger partial charge < -0.3 is 29.4 Å². The summed E-state index contributed by atoms with van der Waals surface area (Å²) in [5.74, 6) is 1.28. The van der Waals surface area contributed by atoms with E-state index in [1.807, 2.05) is 43.3 Å². The monoisotopic (exact) mass is 638 g/mol. The smallest absolute Gasteiger partial charge is 0.343 e. The summed E-state index contributed by atoms with van der Waals surface area (Å²) in [5.41, 5.74) is 9.15. The van der Waals surface area contributed by atoms with Crippen molar-refractivity contribution in [2.45, 2.75) is 45.6 Å². The first kappa shape index (κ1) is 32.3. The fraction of sp³-hybridized carbons (Fsp3) is 0.243. The minimum atomic E-state index is -0.555. The van der Waals surface area contributed by atoms with Crippen molar-refractivity contribution in [1.82, 2.24) is 0 Å². The number of hydrogen-bond acceptors (Lipinski definition) is 8. The molecule has 4 aromatic rings. The van der Waals surface area contributed by atoms with Crippen LogP contribution in [-0.2, 0) is 6.61 Å². The molecule has 0 saturated carbocycles. The number of halogens is 1. The second-order valence-corrected chi connectivity index (χ2v) is 11.0. The largest absolute Gasteiger partial charge is 0.494 e. The van der Waals surface area contributed by atoms with Gasteiger partial charge in [-0.15, -0.1) is 0 Å². The Labute approximate surface area is 273 Å². The normalized spacial score (nSPS) is 13.7. The van der Waals surface area contributed by atoms with Crippen LogP contribution in [0.4, 0.5) is 0 Å². The van der Waals surface area contributed by atoms with Crippen molar-refractivity contribution in [3.8, 4) is 34.8 Å². The predicted molar refractivity (Wildman–Crippen MR) is 176 cm³/mol. The molecule has 1 atom stereocenters. The van der Waals surface area contributed by atoms with Gasteiger partial charge in [-0.3, -0.25) is 0 Å². The van der Waals surface area contributed by atoms with Crippen molar-refractivity contribution >= 4 is 17.6 Å². The molecule has 1 aliphatic rings. The maximum atomic E-state index is 12.9. The van der Waals surface area contributed by atoms with Crippen molar-refractivity contribution in [3.63, 3.8) is 0 Å². The van der Waals surface area contributed by atoms with E-state index in [0.29, 0.717) is 52.4 Å². The van der Waals surface area contributed by atoms with Crippen LogP contribution in [0.5, 0.6) is 28.7 Å². The van der Waals surface area contributed by atoms with Crippen LogP contribution >= 0.6 is 11.6 Å². The highest BCUT2D eigenvalue weighted by Gasteiger charge is 2.32. The first-order chi connectivity index (χ1) is 22.4. The summed E-state index contributed by atoms with van der Waals surface area (Å²) in [6.45, 7) is 5.32. The number of nitriles is 1. The van der Waals surface area contributed by atoms with Crippen LogP contribution in [0.25, 0.3) is 0 Å². The van der Waals surface area contributed by atoms with E-state index in [0.717, 1.165) is 30.4 Å². The van der Waals surface area contributed by atoms with Crippen LogP contribution in [0, 0.1) is 11.3 Å². The highest BCUT2D eigenvalue weighted by Crippen LogP contribution is 2.45. The third-order valence-corrected chi connectivity index (χ3v) is 7.82. The fourth-order valence-corrected chi connectivity index (χ4v) is 5.29. The van der Waals surface area contributed by atoms with E-state index in [2.05, 4.69) is 13.0 Å². The zero-order valence-corrected chi connectivity index (χ0v) is 26.5.